The van der Waals surface area contributed by atoms with Crippen LogP contribution in [-0.2, 0) is 12.8 Å². The third-order valence-electron chi connectivity index (χ3n) is 4.54. The van der Waals surface area contributed by atoms with E-state index in [1.54, 1.807) is 12.4 Å². The van der Waals surface area contributed by atoms with Crippen LogP contribution in [0.1, 0.15) is 17.0 Å². The van der Waals surface area contributed by atoms with Crippen LogP contribution in [0, 0.1) is 0 Å². The summed E-state index contributed by atoms with van der Waals surface area (Å²) >= 11 is 0. The Labute approximate surface area is 174 Å². The lowest BCUT2D eigenvalue weighted by Crippen LogP contribution is -2.30. The molecule has 150 valence electrons. The van der Waals surface area contributed by atoms with E-state index in [-0.39, 0.29) is 6.03 Å². The van der Waals surface area contributed by atoms with Crippen molar-refractivity contribution in [3.63, 3.8) is 0 Å². The number of nitrogens with zero attached hydrogens (tertiary/aromatic N) is 3. The number of rotatable bonds is 7. The number of para-hydroxylation sites is 1. The third-order valence-corrected chi connectivity index (χ3v) is 4.54. The number of aromatic nitrogens is 3. The van der Waals surface area contributed by atoms with Crippen molar-refractivity contribution in [2.75, 3.05) is 11.9 Å². The summed E-state index contributed by atoms with van der Waals surface area (Å²) in [5, 5.41) is 9.81. The molecule has 2 aromatic carbocycles. The second kappa shape index (κ2) is 9.47. The van der Waals surface area contributed by atoms with Gasteiger partial charge in [0.25, 0.3) is 0 Å². The molecule has 30 heavy (non-hydrogen) atoms. The first-order valence-electron chi connectivity index (χ1n) is 9.67. The van der Waals surface area contributed by atoms with Gasteiger partial charge in [0.05, 0.1) is 6.42 Å². The minimum absolute atomic E-state index is 0.250. The summed E-state index contributed by atoms with van der Waals surface area (Å²) in [6.45, 7) is 0.552. The predicted octanol–water partition coefficient (Wildman–Crippen LogP) is 4.09. The van der Waals surface area contributed by atoms with Crippen LogP contribution in [0.4, 0.5) is 10.5 Å². The second-order valence-electron chi connectivity index (χ2n) is 6.70. The third kappa shape index (κ3) is 5.08. The summed E-state index contributed by atoms with van der Waals surface area (Å²) in [5.74, 6) is 0.954. The highest BCUT2D eigenvalue weighted by molar-refractivity contribution is 5.90. The summed E-state index contributed by atoms with van der Waals surface area (Å²) in [5.41, 5.74) is 3.56. The van der Waals surface area contributed by atoms with Gasteiger partial charge in [0.2, 0.25) is 11.7 Å². The Hall–Kier alpha value is -4.00. The van der Waals surface area contributed by atoms with Gasteiger partial charge in [0.1, 0.15) is 0 Å². The lowest BCUT2D eigenvalue weighted by Gasteiger charge is -2.11. The van der Waals surface area contributed by atoms with Crippen LogP contribution < -0.4 is 10.6 Å². The number of urea groups is 1. The number of hydrogen-bond donors (Lipinski definition) is 2. The minimum Gasteiger partial charge on any atom is -0.339 e. The Kier molecular flexibility index (Phi) is 6.10. The van der Waals surface area contributed by atoms with Gasteiger partial charge < -0.3 is 15.2 Å². The average Bonchev–Trinajstić information content (AvgIpc) is 3.25. The van der Waals surface area contributed by atoms with Gasteiger partial charge in [-0.25, -0.2) is 4.79 Å². The maximum absolute atomic E-state index is 12.3. The largest absolute Gasteiger partial charge is 0.339 e. The number of anilines is 1. The fourth-order valence-corrected chi connectivity index (χ4v) is 3.03. The molecule has 0 saturated carbocycles. The van der Waals surface area contributed by atoms with Crippen LogP contribution in [0.15, 0.2) is 83.6 Å². The fourth-order valence-electron chi connectivity index (χ4n) is 3.03. The van der Waals surface area contributed by atoms with Crippen LogP contribution in [0.2, 0.25) is 0 Å². The molecule has 2 N–H and O–H groups in total. The highest BCUT2D eigenvalue weighted by atomic mass is 16.5. The molecule has 0 aliphatic carbocycles. The molecule has 0 aliphatic rings. The van der Waals surface area contributed by atoms with Crippen molar-refractivity contribution in [2.45, 2.75) is 12.8 Å². The van der Waals surface area contributed by atoms with Gasteiger partial charge in [0.15, 0.2) is 0 Å². The second-order valence-corrected chi connectivity index (χ2v) is 6.70. The molecule has 0 fully saturated rings. The number of carbonyl (C=O) groups is 1. The molecule has 0 radical (unpaired) electrons. The van der Waals surface area contributed by atoms with E-state index in [0.717, 1.165) is 17.5 Å². The number of hydrogen-bond acceptors (Lipinski definition) is 5. The predicted molar refractivity (Wildman–Crippen MR) is 114 cm³/mol. The van der Waals surface area contributed by atoms with Gasteiger partial charge in [-0.15, -0.1) is 0 Å². The number of nitrogens with one attached hydrogen (secondary N) is 2. The van der Waals surface area contributed by atoms with Crippen LogP contribution in [0.3, 0.4) is 0 Å². The first-order valence-corrected chi connectivity index (χ1v) is 9.67. The summed E-state index contributed by atoms with van der Waals surface area (Å²) in [6, 6.07) is 21.0. The van der Waals surface area contributed by atoms with Gasteiger partial charge in [-0.3, -0.25) is 4.98 Å². The maximum atomic E-state index is 12.3. The number of pyridine rings is 1. The van der Waals surface area contributed by atoms with Crippen LogP contribution in [0.25, 0.3) is 11.4 Å². The summed E-state index contributed by atoms with van der Waals surface area (Å²) < 4.78 is 5.38. The van der Waals surface area contributed by atoms with Crippen LogP contribution in [0.5, 0.6) is 0 Å². The Morgan fingerprint density at radius 2 is 1.80 bits per heavy atom. The maximum Gasteiger partial charge on any atom is 0.319 e. The Morgan fingerprint density at radius 1 is 0.967 bits per heavy atom. The van der Waals surface area contributed by atoms with E-state index in [0.29, 0.717) is 30.4 Å². The Morgan fingerprint density at radius 3 is 2.63 bits per heavy atom. The lowest BCUT2D eigenvalue weighted by molar-refractivity contribution is 0.252. The minimum atomic E-state index is -0.250. The summed E-state index contributed by atoms with van der Waals surface area (Å²) in [7, 11) is 0. The first-order chi connectivity index (χ1) is 14.8. The molecule has 4 rings (SSSR count). The topological polar surface area (TPSA) is 92.9 Å². The van der Waals surface area contributed by atoms with Crippen LogP contribution in [-0.4, -0.2) is 27.7 Å². The molecule has 2 amide bonds. The molecule has 0 saturated heterocycles. The molecule has 0 aliphatic heterocycles. The van der Waals surface area contributed by atoms with E-state index >= 15 is 0 Å². The molecule has 7 nitrogen and oxygen atoms in total. The zero-order valence-electron chi connectivity index (χ0n) is 16.3. The smallest absolute Gasteiger partial charge is 0.319 e. The Bertz CT molecular complexity index is 1100. The monoisotopic (exact) mass is 399 g/mol. The summed E-state index contributed by atoms with van der Waals surface area (Å²) in [6.07, 6.45) is 4.56. The zero-order valence-corrected chi connectivity index (χ0v) is 16.3. The average molecular weight is 399 g/mol. The van der Waals surface area contributed by atoms with Crippen molar-refractivity contribution in [3.8, 4) is 11.4 Å². The molecule has 4 aromatic rings. The van der Waals surface area contributed by atoms with Crippen molar-refractivity contribution in [3.05, 3.63) is 96.1 Å². The molecule has 0 unspecified atom stereocenters. The number of amides is 2. The standard InChI is InChI=1S/C23H21N5O2/c29-23(25-14-12-17-7-2-1-3-8-17)26-20-11-5-4-9-18(20)15-21-27-22(28-30-21)19-10-6-13-24-16-19/h1-11,13,16H,12,14-15H2,(H2,25,26,29). The van der Waals surface area contributed by atoms with Crippen molar-refractivity contribution >= 4 is 11.7 Å². The number of carbonyl (C=O) groups excluding carboxylic acids is 1. The highest BCUT2D eigenvalue weighted by Crippen LogP contribution is 2.20. The molecule has 0 bridgehead atoms. The van der Waals surface area contributed by atoms with Crippen LogP contribution >= 0.6 is 0 Å². The summed E-state index contributed by atoms with van der Waals surface area (Å²) in [4.78, 5) is 20.8. The van der Waals surface area contributed by atoms with Gasteiger partial charge >= 0.3 is 6.03 Å². The van der Waals surface area contributed by atoms with E-state index in [2.05, 4.69) is 25.8 Å². The van der Waals surface area contributed by atoms with Gasteiger partial charge in [-0.2, -0.15) is 4.98 Å². The lowest BCUT2D eigenvalue weighted by atomic mass is 10.1. The molecule has 7 heteroatoms. The van der Waals surface area contributed by atoms with Crippen molar-refractivity contribution in [2.24, 2.45) is 0 Å². The molecule has 0 atom stereocenters. The van der Waals surface area contributed by atoms with Crippen molar-refractivity contribution < 1.29 is 9.32 Å². The molecule has 2 heterocycles. The van der Waals surface area contributed by atoms with E-state index < -0.39 is 0 Å². The first kappa shape index (κ1) is 19.3. The van der Waals surface area contributed by atoms with E-state index in [9.17, 15) is 4.79 Å². The van der Waals surface area contributed by atoms with E-state index in [4.69, 9.17) is 4.52 Å². The van der Waals surface area contributed by atoms with Gasteiger partial charge in [-0.1, -0.05) is 53.7 Å². The molecular weight excluding hydrogens is 378 g/mol. The Balaban J connectivity index is 1.37. The normalized spacial score (nSPS) is 10.5. The SMILES string of the molecule is O=C(NCCc1ccccc1)Nc1ccccc1Cc1nc(-c2cccnc2)no1. The molecule has 2 aromatic heterocycles. The van der Waals surface area contributed by atoms with E-state index in [1.807, 2.05) is 66.7 Å². The van der Waals surface area contributed by atoms with Crippen molar-refractivity contribution in [1.82, 2.24) is 20.4 Å². The quantitative estimate of drug-likeness (QED) is 0.488. The van der Waals surface area contributed by atoms with Crippen molar-refractivity contribution in [1.29, 1.82) is 0 Å². The zero-order chi connectivity index (χ0) is 20.6. The van der Waals surface area contributed by atoms with Gasteiger partial charge in [0, 0.05) is 30.2 Å². The highest BCUT2D eigenvalue weighted by Gasteiger charge is 2.12. The molecular formula is C23H21N5O2. The molecule has 0 spiro atoms. The fraction of sp³-hybridized carbons (Fsp3) is 0.130. The van der Waals surface area contributed by atoms with Gasteiger partial charge in [-0.05, 0) is 35.7 Å². The van der Waals surface area contributed by atoms with E-state index in [1.165, 1.54) is 5.56 Å². The number of benzene rings is 2.